The predicted octanol–water partition coefficient (Wildman–Crippen LogP) is -0.194. The van der Waals surface area contributed by atoms with Gasteiger partial charge in [0.2, 0.25) is 0 Å². The normalized spacial score (nSPS) is 18.7. The van der Waals surface area contributed by atoms with Gasteiger partial charge >= 0.3 is 5.97 Å². The molecule has 1 atom stereocenters. The van der Waals surface area contributed by atoms with Gasteiger partial charge in [0.25, 0.3) is 11.5 Å². The molecule has 7 heteroatoms. The first kappa shape index (κ1) is 14.2. The Morgan fingerprint density at radius 3 is 2.80 bits per heavy atom. The van der Waals surface area contributed by atoms with Gasteiger partial charge in [-0.3, -0.25) is 14.4 Å². The van der Waals surface area contributed by atoms with E-state index in [0.717, 1.165) is 17.5 Å². The van der Waals surface area contributed by atoms with Crippen molar-refractivity contribution in [3.05, 3.63) is 28.2 Å². The van der Waals surface area contributed by atoms with Crippen LogP contribution in [0, 0.1) is 5.92 Å². The number of aromatic nitrogens is 2. The molecule has 2 heterocycles. The van der Waals surface area contributed by atoms with Crippen molar-refractivity contribution in [1.82, 2.24) is 14.7 Å². The van der Waals surface area contributed by atoms with Crippen molar-refractivity contribution in [2.24, 2.45) is 13.0 Å². The molecule has 0 spiro atoms. The number of esters is 1. The van der Waals surface area contributed by atoms with Crippen LogP contribution in [0.2, 0.25) is 0 Å². The van der Waals surface area contributed by atoms with Crippen LogP contribution in [0.1, 0.15) is 23.3 Å². The number of methoxy groups -OCH3 is 1. The highest BCUT2D eigenvalue weighted by atomic mass is 16.5. The van der Waals surface area contributed by atoms with Crippen LogP contribution < -0.4 is 5.56 Å². The molecule has 1 aliphatic rings. The molecule has 20 heavy (non-hydrogen) atoms. The first-order valence-electron chi connectivity index (χ1n) is 6.44. The molecule has 1 aromatic heterocycles. The lowest BCUT2D eigenvalue weighted by atomic mass is 9.98. The number of piperidine rings is 1. The zero-order chi connectivity index (χ0) is 14.7. The molecule has 1 saturated heterocycles. The average molecular weight is 279 g/mol. The van der Waals surface area contributed by atoms with Crippen molar-refractivity contribution in [3.63, 3.8) is 0 Å². The van der Waals surface area contributed by atoms with E-state index in [0.29, 0.717) is 13.1 Å². The topological polar surface area (TPSA) is 81.5 Å². The predicted molar refractivity (Wildman–Crippen MR) is 70.1 cm³/mol. The minimum atomic E-state index is -0.295. The molecule has 1 aromatic rings. The van der Waals surface area contributed by atoms with E-state index in [1.54, 1.807) is 4.90 Å². The standard InChI is InChI=1S/C13H17N3O4/c1-15-11(17)6-5-10(14-15)12(18)16-7-3-4-9(8-16)13(19)20-2/h5-6,9H,3-4,7-8H2,1-2H3. The first-order chi connectivity index (χ1) is 9.52. The van der Waals surface area contributed by atoms with Crippen molar-refractivity contribution in [3.8, 4) is 0 Å². The molecule has 0 radical (unpaired) electrons. The SMILES string of the molecule is COC(=O)C1CCCN(C(=O)c2ccc(=O)n(C)n2)C1. The molecule has 1 aliphatic heterocycles. The number of amides is 1. The van der Waals surface area contributed by atoms with Gasteiger partial charge in [0.05, 0.1) is 13.0 Å². The van der Waals surface area contributed by atoms with Crippen LogP contribution in [0.5, 0.6) is 0 Å². The van der Waals surface area contributed by atoms with Crippen molar-refractivity contribution in [2.45, 2.75) is 12.8 Å². The van der Waals surface area contributed by atoms with Gasteiger partial charge in [0.1, 0.15) is 5.69 Å². The summed E-state index contributed by atoms with van der Waals surface area (Å²) in [5.41, 5.74) is -0.0646. The summed E-state index contributed by atoms with van der Waals surface area (Å²) in [6.45, 7) is 0.910. The van der Waals surface area contributed by atoms with Crippen LogP contribution >= 0.6 is 0 Å². The molecule has 1 fully saturated rings. The number of rotatable bonds is 2. The van der Waals surface area contributed by atoms with Gasteiger partial charge in [-0.05, 0) is 18.9 Å². The molecule has 1 amide bonds. The quantitative estimate of drug-likeness (QED) is 0.701. The fourth-order valence-corrected chi connectivity index (χ4v) is 2.30. The summed E-state index contributed by atoms with van der Waals surface area (Å²) in [7, 11) is 2.84. The molecule has 0 bridgehead atoms. The molecular weight excluding hydrogens is 262 g/mol. The van der Waals surface area contributed by atoms with Gasteiger partial charge < -0.3 is 9.64 Å². The monoisotopic (exact) mass is 279 g/mol. The van der Waals surface area contributed by atoms with E-state index in [1.807, 2.05) is 0 Å². The summed E-state index contributed by atoms with van der Waals surface area (Å²) in [6, 6.07) is 2.72. The zero-order valence-corrected chi connectivity index (χ0v) is 11.5. The molecule has 1 unspecified atom stereocenters. The number of hydrogen-bond acceptors (Lipinski definition) is 5. The number of aryl methyl sites for hydroxylation is 1. The molecular formula is C13H17N3O4. The van der Waals surface area contributed by atoms with Gasteiger partial charge in [0, 0.05) is 26.2 Å². The second-order valence-electron chi connectivity index (χ2n) is 4.79. The van der Waals surface area contributed by atoms with E-state index in [4.69, 9.17) is 4.74 Å². The van der Waals surface area contributed by atoms with Crippen molar-refractivity contribution >= 4 is 11.9 Å². The number of carbonyl (C=O) groups excluding carboxylic acids is 2. The molecule has 0 aliphatic carbocycles. The second-order valence-corrected chi connectivity index (χ2v) is 4.79. The smallest absolute Gasteiger partial charge is 0.310 e. The lowest BCUT2D eigenvalue weighted by molar-refractivity contribution is -0.146. The average Bonchev–Trinajstić information content (AvgIpc) is 2.48. The Kier molecular flexibility index (Phi) is 4.16. The van der Waals surface area contributed by atoms with Crippen molar-refractivity contribution in [2.75, 3.05) is 20.2 Å². The maximum Gasteiger partial charge on any atom is 0.310 e. The third-order valence-corrected chi connectivity index (χ3v) is 3.42. The highest BCUT2D eigenvalue weighted by Crippen LogP contribution is 2.19. The van der Waals surface area contributed by atoms with E-state index in [1.165, 1.54) is 26.3 Å². The fraction of sp³-hybridized carbons (Fsp3) is 0.538. The van der Waals surface area contributed by atoms with Gasteiger partial charge in [-0.2, -0.15) is 5.10 Å². The highest BCUT2D eigenvalue weighted by Gasteiger charge is 2.30. The number of ether oxygens (including phenoxy) is 1. The van der Waals surface area contributed by atoms with Crippen LogP contribution in [0.15, 0.2) is 16.9 Å². The number of likely N-dealkylation sites (tertiary alicyclic amines) is 1. The minimum absolute atomic E-state index is 0.206. The molecule has 0 saturated carbocycles. The van der Waals surface area contributed by atoms with E-state index in [2.05, 4.69) is 5.10 Å². The highest BCUT2D eigenvalue weighted by molar-refractivity contribution is 5.92. The van der Waals surface area contributed by atoms with Gasteiger partial charge in [-0.15, -0.1) is 0 Å². The van der Waals surface area contributed by atoms with Crippen LogP contribution in [0.4, 0.5) is 0 Å². The summed E-state index contributed by atoms with van der Waals surface area (Å²) in [6.07, 6.45) is 1.47. The van der Waals surface area contributed by atoms with E-state index < -0.39 is 0 Å². The zero-order valence-electron chi connectivity index (χ0n) is 11.5. The van der Waals surface area contributed by atoms with E-state index in [9.17, 15) is 14.4 Å². The van der Waals surface area contributed by atoms with Gasteiger partial charge in [-0.1, -0.05) is 0 Å². The van der Waals surface area contributed by atoms with Crippen LogP contribution in [-0.4, -0.2) is 46.8 Å². The van der Waals surface area contributed by atoms with Gasteiger partial charge in [-0.25, -0.2) is 4.68 Å². The van der Waals surface area contributed by atoms with E-state index in [-0.39, 0.29) is 29.0 Å². The van der Waals surface area contributed by atoms with E-state index >= 15 is 0 Å². The third-order valence-electron chi connectivity index (χ3n) is 3.42. The Morgan fingerprint density at radius 1 is 1.40 bits per heavy atom. The number of carbonyl (C=O) groups is 2. The lowest BCUT2D eigenvalue weighted by Gasteiger charge is -2.31. The lowest BCUT2D eigenvalue weighted by Crippen LogP contribution is -2.43. The summed E-state index contributed by atoms with van der Waals surface area (Å²) in [4.78, 5) is 36.7. The summed E-state index contributed by atoms with van der Waals surface area (Å²) < 4.78 is 5.84. The Morgan fingerprint density at radius 2 is 2.15 bits per heavy atom. The van der Waals surface area contributed by atoms with Crippen LogP contribution in [0.25, 0.3) is 0 Å². The first-order valence-corrected chi connectivity index (χ1v) is 6.44. The van der Waals surface area contributed by atoms with Crippen molar-refractivity contribution in [1.29, 1.82) is 0 Å². The third kappa shape index (κ3) is 2.87. The Balaban J connectivity index is 2.14. The van der Waals surface area contributed by atoms with Gasteiger partial charge in [0.15, 0.2) is 0 Å². The Bertz CT molecular complexity index is 581. The number of nitrogens with zero attached hydrogens (tertiary/aromatic N) is 3. The summed E-state index contributed by atoms with van der Waals surface area (Å²) in [5.74, 6) is -0.852. The molecule has 2 rings (SSSR count). The molecule has 0 N–H and O–H groups in total. The largest absolute Gasteiger partial charge is 0.469 e. The maximum atomic E-state index is 12.3. The van der Waals surface area contributed by atoms with Crippen LogP contribution in [-0.2, 0) is 16.6 Å². The maximum absolute atomic E-state index is 12.3. The van der Waals surface area contributed by atoms with Crippen LogP contribution in [0.3, 0.4) is 0 Å². The molecule has 0 aromatic carbocycles. The summed E-state index contributed by atoms with van der Waals surface area (Å²) in [5, 5.41) is 3.93. The second kappa shape index (κ2) is 5.85. The minimum Gasteiger partial charge on any atom is -0.469 e. The fourth-order valence-electron chi connectivity index (χ4n) is 2.30. The number of hydrogen-bond donors (Lipinski definition) is 0. The molecule has 108 valence electrons. The Labute approximate surface area is 116 Å². The Hall–Kier alpha value is -2.18. The molecule has 7 nitrogen and oxygen atoms in total. The van der Waals surface area contributed by atoms with Crippen molar-refractivity contribution < 1.29 is 14.3 Å². The summed E-state index contributed by atoms with van der Waals surface area (Å²) >= 11 is 0.